The summed E-state index contributed by atoms with van der Waals surface area (Å²) in [6, 6.07) is 9.89. The van der Waals surface area contributed by atoms with E-state index in [1.807, 2.05) is 35.7 Å². The van der Waals surface area contributed by atoms with Crippen LogP contribution >= 0.6 is 11.3 Å². The Hall–Kier alpha value is -1.72. The van der Waals surface area contributed by atoms with Gasteiger partial charge in [0.05, 0.1) is 29.3 Å². The number of carbonyl (C=O) groups excluding carboxylic acids is 1. The third kappa shape index (κ3) is 3.20. The molecule has 0 aliphatic carbocycles. The molecule has 0 radical (unpaired) electrons. The van der Waals surface area contributed by atoms with E-state index in [9.17, 15) is 9.90 Å². The van der Waals surface area contributed by atoms with Gasteiger partial charge in [0.15, 0.2) is 0 Å². The second-order valence-electron chi connectivity index (χ2n) is 5.63. The number of benzene rings is 1. The molecule has 1 amide bonds. The van der Waals surface area contributed by atoms with Gasteiger partial charge in [0, 0.05) is 11.9 Å². The van der Waals surface area contributed by atoms with Gasteiger partial charge in [-0.25, -0.2) is 4.98 Å². The topological polar surface area (TPSA) is 53.4 Å². The number of aliphatic hydroxyl groups is 1. The highest BCUT2D eigenvalue weighted by atomic mass is 32.1. The molecule has 5 heteroatoms. The van der Waals surface area contributed by atoms with Crippen molar-refractivity contribution in [3.63, 3.8) is 0 Å². The summed E-state index contributed by atoms with van der Waals surface area (Å²) >= 11 is 1.60. The van der Waals surface area contributed by atoms with Crippen molar-refractivity contribution in [3.05, 3.63) is 52.0 Å². The molecule has 0 saturated carbocycles. The van der Waals surface area contributed by atoms with Crippen LogP contribution in [0, 0.1) is 0 Å². The maximum atomic E-state index is 12.6. The molecule has 3 rings (SSSR count). The molecule has 4 nitrogen and oxygen atoms in total. The van der Waals surface area contributed by atoms with Crippen LogP contribution in [-0.4, -0.2) is 33.5 Å². The smallest absolute Gasteiger partial charge is 0.229 e. The van der Waals surface area contributed by atoms with Gasteiger partial charge in [0.2, 0.25) is 5.91 Å². The molecule has 1 aliphatic rings. The first-order valence-corrected chi connectivity index (χ1v) is 8.51. The molecular formula is C17H20N2O2S. The van der Waals surface area contributed by atoms with Gasteiger partial charge in [0.1, 0.15) is 0 Å². The van der Waals surface area contributed by atoms with E-state index in [-0.39, 0.29) is 11.9 Å². The number of carbonyl (C=O) groups is 1. The minimum Gasteiger partial charge on any atom is -0.391 e. The molecule has 1 N–H and O–H groups in total. The van der Waals surface area contributed by atoms with E-state index in [2.05, 4.69) is 11.9 Å². The van der Waals surface area contributed by atoms with E-state index in [0.717, 1.165) is 22.7 Å². The Bertz CT molecular complexity index is 641. The minimum atomic E-state index is -0.448. The predicted octanol–water partition coefficient (Wildman–Crippen LogP) is 2.58. The van der Waals surface area contributed by atoms with Crippen LogP contribution in [0.5, 0.6) is 0 Å². The molecular weight excluding hydrogens is 296 g/mol. The standard InChI is InChI=1S/C17H20N2O2S/c1-2-16-18-13(11-22-16)8-17(21)19-10-14(20)9-15(19)12-6-4-3-5-7-12/h3-7,11,14-15,20H,2,8-10H2,1H3. The normalized spacial score (nSPS) is 21.3. The zero-order valence-corrected chi connectivity index (χ0v) is 13.4. The summed E-state index contributed by atoms with van der Waals surface area (Å²) in [7, 11) is 0. The zero-order chi connectivity index (χ0) is 15.5. The first-order valence-electron chi connectivity index (χ1n) is 7.63. The van der Waals surface area contributed by atoms with Gasteiger partial charge in [-0.3, -0.25) is 4.79 Å². The SMILES string of the molecule is CCc1nc(CC(=O)N2CC(O)CC2c2ccccc2)cs1. The average molecular weight is 316 g/mol. The molecule has 0 bridgehead atoms. The van der Waals surface area contributed by atoms with Gasteiger partial charge in [-0.15, -0.1) is 11.3 Å². The summed E-state index contributed by atoms with van der Waals surface area (Å²) in [6.07, 6.45) is 1.36. The molecule has 1 saturated heterocycles. The number of aromatic nitrogens is 1. The molecule has 1 aromatic heterocycles. The van der Waals surface area contributed by atoms with Crippen molar-refractivity contribution in [2.75, 3.05) is 6.54 Å². The van der Waals surface area contributed by atoms with E-state index >= 15 is 0 Å². The van der Waals surface area contributed by atoms with Gasteiger partial charge >= 0.3 is 0 Å². The summed E-state index contributed by atoms with van der Waals surface area (Å²) < 4.78 is 0. The second kappa shape index (κ2) is 6.58. The fourth-order valence-corrected chi connectivity index (χ4v) is 3.67. The highest BCUT2D eigenvalue weighted by Gasteiger charge is 2.35. The Morgan fingerprint density at radius 1 is 1.41 bits per heavy atom. The lowest BCUT2D eigenvalue weighted by Gasteiger charge is -2.24. The lowest BCUT2D eigenvalue weighted by atomic mass is 10.0. The largest absolute Gasteiger partial charge is 0.391 e. The van der Waals surface area contributed by atoms with Crippen molar-refractivity contribution < 1.29 is 9.90 Å². The van der Waals surface area contributed by atoms with Crippen LogP contribution < -0.4 is 0 Å². The van der Waals surface area contributed by atoms with Crippen LogP contribution in [0.4, 0.5) is 0 Å². The monoisotopic (exact) mass is 316 g/mol. The maximum absolute atomic E-state index is 12.6. The fraction of sp³-hybridized carbons (Fsp3) is 0.412. The molecule has 116 valence electrons. The van der Waals surface area contributed by atoms with E-state index in [1.165, 1.54) is 0 Å². The minimum absolute atomic E-state index is 0.0343. The molecule has 1 aromatic carbocycles. The van der Waals surface area contributed by atoms with Crippen LogP contribution in [0.2, 0.25) is 0 Å². The Kier molecular flexibility index (Phi) is 4.55. The first kappa shape index (κ1) is 15.2. The molecule has 2 aromatic rings. The Labute approximate surface area is 134 Å². The molecule has 1 aliphatic heterocycles. The van der Waals surface area contributed by atoms with E-state index in [1.54, 1.807) is 16.2 Å². The number of nitrogens with zero attached hydrogens (tertiary/aromatic N) is 2. The van der Waals surface area contributed by atoms with Crippen molar-refractivity contribution in [2.45, 2.75) is 38.3 Å². The number of aryl methyl sites for hydroxylation is 1. The summed E-state index contributed by atoms with van der Waals surface area (Å²) in [5.74, 6) is 0.0401. The van der Waals surface area contributed by atoms with Gasteiger partial charge in [0.25, 0.3) is 0 Å². The molecule has 2 heterocycles. The lowest BCUT2D eigenvalue weighted by Crippen LogP contribution is -2.33. The van der Waals surface area contributed by atoms with Gasteiger partial charge in [-0.05, 0) is 18.4 Å². The van der Waals surface area contributed by atoms with E-state index < -0.39 is 6.10 Å². The molecule has 2 atom stereocenters. The molecule has 2 unspecified atom stereocenters. The van der Waals surface area contributed by atoms with Gasteiger partial charge in [-0.1, -0.05) is 37.3 Å². The van der Waals surface area contributed by atoms with Crippen LogP contribution in [0.25, 0.3) is 0 Å². The van der Waals surface area contributed by atoms with Crippen molar-refractivity contribution in [3.8, 4) is 0 Å². The molecule has 0 spiro atoms. The van der Waals surface area contributed by atoms with Crippen molar-refractivity contribution >= 4 is 17.2 Å². The van der Waals surface area contributed by atoms with Crippen LogP contribution in [0.3, 0.4) is 0 Å². The van der Waals surface area contributed by atoms with Gasteiger partial charge in [-0.2, -0.15) is 0 Å². The summed E-state index contributed by atoms with van der Waals surface area (Å²) in [5.41, 5.74) is 1.92. The Balaban J connectivity index is 1.75. The highest BCUT2D eigenvalue weighted by Crippen LogP contribution is 2.32. The quantitative estimate of drug-likeness (QED) is 0.943. The molecule has 22 heavy (non-hydrogen) atoms. The number of amides is 1. The van der Waals surface area contributed by atoms with Gasteiger partial charge < -0.3 is 10.0 Å². The maximum Gasteiger partial charge on any atom is 0.229 e. The summed E-state index contributed by atoms with van der Waals surface area (Å²) in [5, 5.41) is 13.0. The lowest BCUT2D eigenvalue weighted by molar-refractivity contribution is -0.131. The van der Waals surface area contributed by atoms with Crippen molar-refractivity contribution in [1.82, 2.24) is 9.88 Å². The number of hydrogen-bond donors (Lipinski definition) is 1. The molecule has 1 fully saturated rings. The third-order valence-corrected chi connectivity index (χ3v) is 5.06. The number of thiazole rings is 1. The summed E-state index contributed by atoms with van der Waals surface area (Å²) in [4.78, 5) is 18.9. The summed E-state index contributed by atoms with van der Waals surface area (Å²) in [6.45, 7) is 2.47. The number of rotatable bonds is 4. The second-order valence-corrected chi connectivity index (χ2v) is 6.57. The Morgan fingerprint density at radius 3 is 2.86 bits per heavy atom. The highest BCUT2D eigenvalue weighted by molar-refractivity contribution is 7.09. The number of β-amino-alcohol motifs (C(OH)–C–C–N with tert-alkyl or cyclic N) is 1. The third-order valence-electron chi connectivity index (χ3n) is 4.02. The van der Waals surface area contributed by atoms with Crippen LogP contribution in [-0.2, 0) is 17.6 Å². The number of hydrogen-bond acceptors (Lipinski definition) is 4. The number of aliphatic hydroxyl groups excluding tert-OH is 1. The van der Waals surface area contributed by atoms with Crippen molar-refractivity contribution in [1.29, 1.82) is 0 Å². The van der Waals surface area contributed by atoms with Crippen LogP contribution in [0.15, 0.2) is 35.7 Å². The average Bonchev–Trinajstić information content (AvgIpc) is 3.14. The fourth-order valence-electron chi connectivity index (χ4n) is 2.93. The zero-order valence-electron chi connectivity index (χ0n) is 12.6. The predicted molar refractivity (Wildman–Crippen MR) is 86.7 cm³/mol. The first-order chi connectivity index (χ1) is 10.7. The van der Waals surface area contributed by atoms with E-state index in [4.69, 9.17) is 0 Å². The van der Waals surface area contributed by atoms with Crippen LogP contribution in [0.1, 0.15) is 35.7 Å². The Morgan fingerprint density at radius 2 is 2.18 bits per heavy atom. The van der Waals surface area contributed by atoms with Crippen molar-refractivity contribution in [2.24, 2.45) is 0 Å². The number of likely N-dealkylation sites (tertiary alicyclic amines) is 1. The van der Waals surface area contributed by atoms with E-state index in [0.29, 0.717) is 19.4 Å².